The average Bonchev–Trinajstić information content (AvgIpc) is 2.99. The van der Waals surface area contributed by atoms with Crippen molar-refractivity contribution in [1.82, 2.24) is 14.9 Å². The van der Waals surface area contributed by atoms with Gasteiger partial charge in [0, 0.05) is 17.4 Å². The van der Waals surface area contributed by atoms with Crippen LogP contribution >= 0.6 is 11.8 Å². The zero-order chi connectivity index (χ0) is 18.5. The van der Waals surface area contributed by atoms with Crippen LogP contribution in [0.15, 0.2) is 58.8 Å². The van der Waals surface area contributed by atoms with Crippen LogP contribution in [0.5, 0.6) is 5.75 Å². The van der Waals surface area contributed by atoms with Crippen molar-refractivity contribution < 1.29 is 10.0 Å². The first-order valence-electron chi connectivity index (χ1n) is 7.65. The topological polar surface area (TPSA) is 106 Å². The van der Waals surface area contributed by atoms with E-state index in [0.29, 0.717) is 16.5 Å². The van der Waals surface area contributed by atoms with Crippen LogP contribution in [0.25, 0.3) is 0 Å². The van der Waals surface area contributed by atoms with E-state index in [4.69, 9.17) is 0 Å². The fourth-order valence-corrected chi connectivity index (χ4v) is 3.06. The van der Waals surface area contributed by atoms with Crippen LogP contribution in [0.4, 0.5) is 5.69 Å². The van der Waals surface area contributed by atoms with Gasteiger partial charge in [0.05, 0.1) is 11.1 Å². The number of phenolic OH excluding ortho intramolecular Hbond substituents is 1. The number of aryl methyl sites for hydroxylation is 1. The van der Waals surface area contributed by atoms with E-state index in [-0.39, 0.29) is 11.4 Å². The summed E-state index contributed by atoms with van der Waals surface area (Å²) in [5.74, 6) is 0.941. The summed E-state index contributed by atoms with van der Waals surface area (Å²) in [6, 6.07) is 14.0. The lowest BCUT2D eigenvalue weighted by atomic mass is 10.2. The molecule has 0 aliphatic carbocycles. The molecule has 3 aromatic rings. The minimum absolute atomic E-state index is 0.367. The summed E-state index contributed by atoms with van der Waals surface area (Å²) in [4.78, 5) is 10.3. The Balaban J connectivity index is 1.80. The molecule has 0 bridgehead atoms. The minimum atomic E-state index is -0.641. The number of nitro groups is 1. The van der Waals surface area contributed by atoms with Crippen molar-refractivity contribution in [1.29, 1.82) is 0 Å². The molecule has 0 radical (unpaired) electrons. The first kappa shape index (κ1) is 17.6. The normalized spacial score (nSPS) is 11.1. The quantitative estimate of drug-likeness (QED) is 0.309. The third kappa shape index (κ3) is 4.06. The molecule has 9 heteroatoms. The molecule has 2 aromatic carbocycles. The van der Waals surface area contributed by atoms with Gasteiger partial charge < -0.3 is 5.11 Å². The Kier molecular flexibility index (Phi) is 5.28. The van der Waals surface area contributed by atoms with Gasteiger partial charge in [-0.15, -0.1) is 10.2 Å². The Morgan fingerprint density at radius 1 is 1.27 bits per heavy atom. The van der Waals surface area contributed by atoms with Gasteiger partial charge in [0.15, 0.2) is 11.6 Å². The Bertz CT molecular complexity index is 956. The van der Waals surface area contributed by atoms with Gasteiger partial charge in [-0.05, 0) is 24.6 Å². The minimum Gasteiger partial charge on any atom is -0.502 e. The van der Waals surface area contributed by atoms with Gasteiger partial charge >= 0.3 is 5.69 Å². The third-order valence-corrected chi connectivity index (χ3v) is 4.49. The maximum Gasteiger partial charge on any atom is 0.311 e. The number of hydrogen-bond donors (Lipinski definition) is 1. The third-order valence-electron chi connectivity index (χ3n) is 3.50. The number of thioether (sulfide) groups is 1. The maximum atomic E-state index is 10.9. The second-order valence-electron chi connectivity index (χ2n) is 5.37. The molecule has 1 N–H and O–H groups in total. The molecule has 26 heavy (non-hydrogen) atoms. The van der Waals surface area contributed by atoms with E-state index < -0.39 is 4.92 Å². The van der Waals surface area contributed by atoms with E-state index in [1.54, 1.807) is 17.7 Å². The van der Waals surface area contributed by atoms with E-state index in [0.717, 1.165) is 11.3 Å². The standard InChI is InChI=1S/C17H15N5O3S/c1-12-19-20-17(26-11-13-5-3-2-4-6-13)21(12)18-10-14-7-8-16(23)15(9-14)22(24)25/h2-10,23H,11H2,1H3/b18-10-. The van der Waals surface area contributed by atoms with Crippen molar-refractivity contribution in [2.24, 2.45) is 5.10 Å². The number of rotatable bonds is 6. The molecule has 3 rings (SSSR count). The van der Waals surface area contributed by atoms with E-state index in [2.05, 4.69) is 15.3 Å². The molecule has 1 aromatic heterocycles. The first-order chi connectivity index (χ1) is 12.5. The van der Waals surface area contributed by atoms with Crippen LogP contribution < -0.4 is 0 Å². The van der Waals surface area contributed by atoms with E-state index >= 15 is 0 Å². The van der Waals surface area contributed by atoms with Crippen molar-refractivity contribution >= 4 is 23.7 Å². The summed E-state index contributed by atoms with van der Waals surface area (Å²) >= 11 is 1.49. The zero-order valence-corrected chi connectivity index (χ0v) is 14.6. The molecule has 0 aliphatic heterocycles. The molecule has 0 atom stereocenters. The predicted octanol–water partition coefficient (Wildman–Crippen LogP) is 3.37. The molecule has 0 saturated heterocycles. The lowest BCUT2D eigenvalue weighted by Gasteiger charge is -2.03. The second-order valence-corrected chi connectivity index (χ2v) is 6.31. The lowest BCUT2D eigenvalue weighted by Crippen LogP contribution is -1.97. The zero-order valence-electron chi connectivity index (χ0n) is 13.8. The molecule has 0 saturated carbocycles. The van der Waals surface area contributed by atoms with Gasteiger partial charge in [0.25, 0.3) is 0 Å². The number of nitro benzene ring substituents is 1. The molecule has 8 nitrogen and oxygen atoms in total. The molecular weight excluding hydrogens is 354 g/mol. The lowest BCUT2D eigenvalue weighted by molar-refractivity contribution is -0.385. The van der Waals surface area contributed by atoms with Crippen molar-refractivity contribution in [3.05, 3.63) is 75.6 Å². The summed E-state index contributed by atoms with van der Waals surface area (Å²) in [6.07, 6.45) is 1.47. The van der Waals surface area contributed by atoms with Crippen LogP contribution in [0.3, 0.4) is 0 Å². The van der Waals surface area contributed by atoms with Crippen molar-refractivity contribution in [3.8, 4) is 5.75 Å². The monoisotopic (exact) mass is 369 g/mol. The highest BCUT2D eigenvalue weighted by Gasteiger charge is 2.13. The fraction of sp³-hybridized carbons (Fsp3) is 0.118. The highest BCUT2D eigenvalue weighted by molar-refractivity contribution is 7.98. The summed E-state index contributed by atoms with van der Waals surface area (Å²) < 4.78 is 1.58. The van der Waals surface area contributed by atoms with E-state index in [9.17, 15) is 15.2 Å². The summed E-state index contributed by atoms with van der Waals surface area (Å²) in [5, 5.41) is 33.5. The first-order valence-corrected chi connectivity index (χ1v) is 8.63. The maximum absolute atomic E-state index is 10.9. The highest BCUT2D eigenvalue weighted by atomic mass is 32.2. The number of aromatic hydroxyl groups is 1. The number of hydrogen-bond acceptors (Lipinski definition) is 7. The Morgan fingerprint density at radius 2 is 2.04 bits per heavy atom. The van der Waals surface area contributed by atoms with E-state index in [1.165, 1.54) is 30.1 Å². The molecule has 0 aliphatic rings. The van der Waals surface area contributed by atoms with E-state index in [1.807, 2.05) is 30.3 Å². The SMILES string of the molecule is Cc1nnc(SCc2ccccc2)n1/N=C\c1ccc(O)c([N+](=O)[O-])c1. The molecule has 132 valence electrons. The van der Waals surface area contributed by atoms with Crippen LogP contribution in [0.2, 0.25) is 0 Å². The van der Waals surface area contributed by atoms with Crippen molar-refractivity contribution in [3.63, 3.8) is 0 Å². The molecule has 1 heterocycles. The van der Waals surface area contributed by atoms with Gasteiger partial charge in [-0.1, -0.05) is 42.1 Å². The van der Waals surface area contributed by atoms with Crippen LogP contribution in [-0.4, -0.2) is 31.1 Å². The van der Waals surface area contributed by atoms with Gasteiger partial charge in [0.1, 0.15) is 0 Å². The number of benzene rings is 2. The van der Waals surface area contributed by atoms with Gasteiger partial charge in [0.2, 0.25) is 5.16 Å². The summed E-state index contributed by atoms with van der Waals surface area (Å²) in [5.41, 5.74) is 1.28. The van der Waals surface area contributed by atoms with Crippen LogP contribution in [0.1, 0.15) is 17.0 Å². The number of nitrogens with zero attached hydrogens (tertiary/aromatic N) is 5. The predicted molar refractivity (Wildman–Crippen MR) is 98.5 cm³/mol. The van der Waals surface area contributed by atoms with Crippen molar-refractivity contribution in [2.45, 2.75) is 17.8 Å². The van der Waals surface area contributed by atoms with Crippen molar-refractivity contribution in [2.75, 3.05) is 0 Å². The van der Waals surface area contributed by atoms with Gasteiger partial charge in [-0.2, -0.15) is 9.78 Å². The summed E-state index contributed by atoms with van der Waals surface area (Å²) in [6.45, 7) is 1.77. The second kappa shape index (κ2) is 7.79. The number of aromatic nitrogens is 3. The Hall–Kier alpha value is -3.20. The molecular formula is C17H15N5O3S. The van der Waals surface area contributed by atoms with Gasteiger partial charge in [-0.3, -0.25) is 10.1 Å². The Labute approximate surface area is 153 Å². The van der Waals surface area contributed by atoms with Gasteiger partial charge in [-0.25, -0.2) is 0 Å². The van der Waals surface area contributed by atoms with Crippen LogP contribution in [-0.2, 0) is 5.75 Å². The molecule has 0 spiro atoms. The highest BCUT2D eigenvalue weighted by Crippen LogP contribution is 2.26. The molecule has 0 fully saturated rings. The largest absolute Gasteiger partial charge is 0.502 e. The summed E-state index contributed by atoms with van der Waals surface area (Å²) in [7, 11) is 0. The van der Waals surface area contributed by atoms with Crippen LogP contribution in [0, 0.1) is 17.0 Å². The average molecular weight is 369 g/mol. The Morgan fingerprint density at radius 3 is 2.77 bits per heavy atom. The fourth-order valence-electron chi connectivity index (χ4n) is 2.17. The smallest absolute Gasteiger partial charge is 0.311 e. The molecule has 0 unspecified atom stereocenters. The molecule has 0 amide bonds. The number of phenols is 1.